The van der Waals surface area contributed by atoms with Crippen LogP contribution in [0.15, 0.2) is 62.6 Å². The maximum Gasteiger partial charge on any atom is 0.306 e. The van der Waals surface area contributed by atoms with Gasteiger partial charge in [-0.3, -0.25) is 9.59 Å². The monoisotopic (exact) mass is 371 g/mol. The summed E-state index contributed by atoms with van der Waals surface area (Å²) in [5, 5.41) is 3.82. The molecule has 1 aromatic carbocycles. The fourth-order valence-electron chi connectivity index (χ4n) is 2.28. The van der Waals surface area contributed by atoms with Crippen molar-refractivity contribution in [2.24, 2.45) is 0 Å². The van der Waals surface area contributed by atoms with E-state index in [9.17, 15) is 9.59 Å². The molecular weight excluding hydrogens is 354 g/mol. The van der Waals surface area contributed by atoms with Crippen molar-refractivity contribution in [3.8, 4) is 11.5 Å². The molecule has 0 radical (unpaired) electrons. The number of ketones is 1. The number of thioether (sulfide) groups is 1. The molecule has 0 amide bonds. The molecule has 0 aliphatic rings. The zero-order chi connectivity index (χ0) is 18.4. The molecule has 0 bridgehead atoms. The second-order valence-electron chi connectivity index (χ2n) is 5.47. The Morgan fingerprint density at radius 3 is 2.62 bits per heavy atom. The van der Waals surface area contributed by atoms with Crippen molar-refractivity contribution >= 4 is 23.5 Å². The Balaban J connectivity index is 1.44. The van der Waals surface area contributed by atoms with Gasteiger partial charge < -0.3 is 13.7 Å². The van der Waals surface area contributed by atoms with E-state index in [0.717, 1.165) is 4.90 Å². The van der Waals surface area contributed by atoms with Crippen LogP contribution in [0.2, 0.25) is 0 Å². The van der Waals surface area contributed by atoms with Crippen LogP contribution in [0, 0.1) is 0 Å². The number of hydrogen-bond acceptors (Lipinski definition) is 7. The van der Waals surface area contributed by atoms with Gasteiger partial charge in [-0.2, -0.15) is 0 Å². The van der Waals surface area contributed by atoms with E-state index in [-0.39, 0.29) is 25.2 Å². The molecule has 0 aliphatic heterocycles. The fraction of sp³-hybridized carbons (Fsp3) is 0.211. The second kappa shape index (κ2) is 8.53. The highest BCUT2D eigenvalue weighted by molar-refractivity contribution is 7.98. The molecule has 134 valence electrons. The van der Waals surface area contributed by atoms with Crippen molar-refractivity contribution < 1.29 is 23.3 Å². The average molecular weight is 371 g/mol. The number of ether oxygens (including phenoxy) is 1. The largest absolute Gasteiger partial charge is 0.461 e. The van der Waals surface area contributed by atoms with Gasteiger partial charge in [0.05, 0.1) is 12.7 Å². The van der Waals surface area contributed by atoms with Crippen LogP contribution in [0.4, 0.5) is 0 Å². The number of aromatic nitrogens is 1. The number of rotatable bonds is 8. The van der Waals surface area contributed by atoms with E-state index in [1.54, 1.807) is 42.1 Å². The number of carbonyl (C=O) groups is 2. The van der Waals surface area contributed by atoms with E-state index in [2.05, 4.69) is 5.16 Å². The van der Waals surface area contributed by atoms with Crippen LogP contribution in [0.1, 0.15) is 28.9 Å². The number of esters is 1. The Morgan fingerprint density at radius 1 is 1.12 bits per heavy atom. The van der Waals surface area contributed by atoms with Crippen LogP contribution in [0.3, 0.4) is 0 Å². The smallest absolute Gasteiger partial charge is 0.306 e. The first-order valence-corrected chi connectivity index (χ1v) is 9.20. The van der Waals surface area contributed by atoms with Crippen molar-refractivity contribution in [2.45, 2.75) is 24.3 Å². The number of benzene rings is 1. The molecule has 0 aliphatic carbocycles. The lowest BCUT2D eigenvalue weighted by molar-refractivity contribution is -0.145. The van der Waals surface area contributed by atoms with Gasteiger partial charge in [0, 0.05) is 22.9 Å². The first-order valence-electron chi connectivity index (χ1n) is 7.98. The maximum atomic E-state index is 12.1. The zero-order valence-corrected chi connectivity index (χ0v) is 15.0. The molecule has 0 atom stereocenters. The summed E-state index contributed by atoms with van der Waals surface area (Å²) < 4.78 is 15.5. The topological polar surface area (TPSA) is 82.5 Å². The molecule has 3 rings (SSSR count). The van der Waals surface area contributed by atoms with Gasteiger partial charge in [-0.25, -0.2) is 0 Å². The third-order valence-corrected chi connectivity index (χ3v) is 4.42. The lowest BCUT2D eigenvalue weighted by atomic mass is 10.1. The van der Waals surface area contributed by atoms with Crippen LogP contribution >= 0.6 is 11.8 Å². The number of Topliss-reactive ketones (excluding diaryl/α,β-unsaturated/α-hetero) is 1. The molecule has 26 heavy (non-hydrogen) atoms. The standard InChI is InChI=1S/C19H17NO5S/c1-26-15-6-4-13(5-7-15)16(21)8-9-19(22)24-12-14-11-18(25-20-14)17-3-2-10-23-17/h2-7,10-11H,8-9,12H2,1H3. The van der Waals surface area contributed by atoms with Crippen LogP contribution < -0.4 is 0 Å². The molecule has 0 saturated carbocycles. The lowest BCUT2D eigenvalue weighted by Gasteiger charge is -2.03. The first kappa shape index (κ1) is 18.0. The molecular formula is C19H17NO5S. The minimum Gasteiger partial charge on any atom is -0.461 e. The van der Waals surface area contributed by atoms with E-state index in [1.165, 1.54) is 6.26 Å². The van der Waals surface area contributed by atoms with Gasteiger partial charge in [-0.05, 0) is 30.5 Å². The van der Waals surface area contributed by atoms with E-state index >= 15 is 0 Å². The third-order valence-electron chi connectivity index (χ3n) is 3.67. The average Bonchev–Trinajstić information content (AvgIpc) is 3.36. The normalized spacial score (nSPS) is 10.7. The molecule has 2 aromatic heterocycles. The Morgan fingerprint density at radius 2 is 1.92 bits per heavy atom. The third kappa shape index (κ3) is 4.64. The van der Waals surface area contributed by atoms with Crippen LogP contribution in [-0.4, -0.2) is 23.2 Å². The lowest BCUT2D eigenvalue weighted by Crippen LogP contribution is -2.08. The van der Waals surface area contributed by atoms with Crippen molar-refractivity contribution in [1.29, 1.82) is 0 Å². The van der Waals surface area contributed by atoms with Crippen LogP contribution in [0.25, 0.3) is 11.5 Å². The number of furan rings is 1. The molecule has 0 fully saturated rings. The molecule has 0 saturated heterocycles. The Labute approximate surface area is 154 Å². The Hall–Kier alpha value is -2.80. The van der Waals surface area contributed by atoms with Gasteiger partial charge in [0.1, 0.15) is 12.3 Å². The molecule has 0 N–H and O–H groups in total. The fourth-order valence-corrected chi connectivity index (χ4v) is 2.69. The number of nitrogens with zero attached hydrogens (tertiary/aromatic N) is 1. The summed E-state index contributed by atoms with van der Waals surface area (Å²) in [6, 6.07) is 12.4. The summed E-state index contributed by atoms with van der Waals surface area (Å²) in [5.74, 6) is 0.468. The quantitative estimate of drug-likeness (QED) is 0.330. The van der Waals surface area contributed by atoms with Crippen molar-refractivity contribution in [3.63, 3.8) is 0 Å². The van der Waals surface area contributed by atoms with E-state index in [0.29, 0.717) is 22.8 Å². The minimum absolute atomic E-state index is 0.0142. The Kier molecular flexibility index (Phi) is 5.91. The van der Waals surface area contributed by atoms with E-state index in [1.807, 2.05) is 18.4 Å². The molecule has 0 spiro atoms. The van der Waals surface area contributed by atoms with Crippen LogP contribution in [0.5, 0.6) is 0 Å². The van der Waals surface area contributed by atoms with Gasteiger partial charge in [-0.15, -0.1) is 11.8 Å². The highest BCUT2D eigenvalue weighted by atomic mass is 32.2. The molecule has 0 unspecified atom stereocenters. The number of carbonyl (C=O) groups excluding carboxylic acids is 2. The second-order valence-corrected chi connectivity index (χ2v) is 6.35. The summed E-state index contributed by atoms with van der Waals surface area (Å²) in [5.41, 5.74) is 1.07. The summed E-state index contributed by atoms with van der Waals surface area (Å²) in [6.45, 7) is -0.0142. The maximum absolute atomic E-state index is 12.1. The van der Waals surface area contributed by atoms with Gasteiger partial charge in [0.15, 0.2) is 11.5 Å². The van der Waals surface area contributed by atoms with E-state index in [4.69, 9.17) is 13.7 Å². The van der Waals surface area contributed by atoms with Gasteiger partial charge in [0.25, 0.3) is 0 Å². The minimum atomic E-state index is -0.457. The molecule has 2 heterocycles. The van der Waals surface area contributed by atoms with Gasteiger partial charge in [0.2, 0.25) is 5.76 Å². The first-order chi connectivity index (χ1) is 12.7. The summed E-state index contributed by atoms with van der Waals surface area (Å²) in [6.07, 6.45) is 3.63. The highest BCUT2D eigenvalue weighted by Gasteiger charge is 2.13. The summed E-state index contributed by atoms with van der Waals surface area (Å²) in [7, 11) is 0. The van der Waals surface area contributed by atoms with Gasteiger partial charge >= 0.3 is 5.97 Å². The number of hydrogen-bond donors (Lipinski definition) is 0. The highest BCUT2D eigenvalue weighted by Crippen LogP contribution is 2.21. The molecule has 7 heteroatoms. The Bertz CT molecular complexity index is 868. The predicted molar refractivity (Wildman–Crippen MR) is 95.8 cm³/mol. The summed E-state index contributed by atoms with van der Waals surface area (Å²) in [4.78, 5) is 25.0. The van der Waals surface area contributed by atoms with Crippen molar-refractivity contribution in [1.82, 2.24) is 5.16 Å². The van der Waals surface area contributed by atoms with Gasteiger partial charge in [-0.1, -0.05) is 17.3 Å². The zero-order valence-electron chi connectivity index (χ0n) is 14.1. The van der Waals surface area contributed by atoms with Crippen LogP contribution in [-0.2, 0) is 16.1 Å². The van der Waals surface area contributed by atoms with Crippen molar-refractivity contribution in [3.05, 3.63) is 60.0 Å². The predicted octanol–water partition coefficient (Wildman–Crippen LogP) is 4.36. The summed E-state index contributed by atoms with van der Waals surface area (Å²) >= 11 is 1.61. The molecule has 6 nitrogen and oxygen atoms in total. The van der Waals surface area contributed by atoms with E-state index < -0.39 is 5.97 Å². The SMILES string of the molecule is CSc1ccc(C(=O)CCC(=O)OCc2cc(-c3ccco3)on2)cc1. The molecule has 3 aromatic rings. The van der Waals surface area contributed by atoms with Crippen molar-refractivity contribution in [2.75, 3.05) is 6.26 Å².